The zero-order chi connectivity index (χ0) is 13.9. The highest BCUT2D eigenvalue weighted by molar-refractivity contribution is 5.23. The Morgan fingerprint density at radius 1 is 1.37 bits per heavy atom. The van der Waals surface area contributed by atoms with E-state index in [9.17, 15) is 0 Å². The predicted octanol–water partition coefficient (Wildman–Crippen LogP) is 2.17. The van der Waals surface area contributed by atoms with E-state index in [4.69, 9.17) is 5.11 Å². The zero-order valence-corrected chi connectivity index (χ0v) is 11.9. The first-order valence-corrected chi connectivity index (χ1v) is 7.02. The standard InChI is InChI=1S/C16H26N2O/c1-3-8-17-13-15-6-5-7-16(12-15)14-18(9-4-2)10-11-19/h4-7,12,17,19H,2-3,8-11,13-14H2,1H3. The van der Waals surface area contributed by atoms with Crippen LogP contribution in [0.2, 0.25) is 0 Å². The molecule has 0 heterocycles. The third kappa shape index (κ3) is 6.53. The number of aliphatic hydroxyl groups is 1. The SMILES string of the molecule is C=CCN(CCO)Cc1cccc(CNCCC)c1. The normalized spacial score (nSPS) is 10.9. The molecule has 3 nitrogen and oxygen atoms in total. The molecule has 0 aliphatic heterocycles. The van der Waals surface area contributed by atoms with Crippen LogP contribution in [-0.2, 0) is 13.1 Å². The highest BCUT2D eigenvalue weighted by atomic mass is 16.3. The maximum Gasteiger partial charge on any atom is 0.0558 e. The minimum Gasteiger partial charge on any atom is -0.395 e. The van der Waals surface area contributed by atoms with Crippen LogP contribution in [0.3, 0.4) is 0 Å². The highest BCUT2D eigenvalue weighted by Gasteiger charge is 2.04. The van der Waals surface area contributed by atoms with Crippen molar-refractivity contribution in [2.75, 3.05) is 26.2 Å². The van der Waals surface area contributed by atoms with Crippen molar-refractivity contribution in [2.45, 2.75) is 26.4 Å². The summed E-state index contributed by atoms with van der Waals surface area (Å²) in [6.07, 6.45) is 3.03. The first-order chi connectivity index (χ1) is 9.30. The molecule has 19 heavy (non-hydrogen) atoms. The molecule has 0 aromatic heterocycles. The van der Waals surface area contributed by atoms with Crippen LogP contribution in [0.4, 0.5) is 0 Å². The molecule has 2 N–H and O–H groups in total. The lowest BCUT2D eigenvalue weighted by Gasteiger charge is -2.19. The summed E-state index contributed by atoms with van der Waals surface area (Å²) < 4.78 is 0. The van der Waals surface area contributed by atoms with Gasteiger partial charge in [-0.1, -0.05) is 37.3 Å². The van der Waals surface area contributed by atoms with Gasteiger partial charge in [-0.15, -0.1) is 6.58 Å². The maximum absolute atomic E-state index is 9.05. The lowest BCUT2D eigenvalue weighted by Crippen LogP contribution is -2.26. The second-order valence-corrected chi connectivity index (χ2v) is 4.74. The largest absolute Gasteiger partial charge is 0.395 e. The molecular weight excluding hydrogens is 236 g/mol. The van der Waals surface area contributed by atoms with Crippen LogP contribution in [0.15, 0.2) is 36.9 Å². The molecule has 0 spiro atoms. The van der Waals surface area contributed by atoms with Crippen molar-refractivity contribution in [3.63, 3.8) is 0 Å². The van der Waals surface area contributed by atoms with Crippen molar-refractivity contribution in [1.29, 1.82) is 0 Å². The molecular formula is C16H26N2O. The Balaban J connectivity index is 2.56. The summed E-state index contributed by atoms with van der Waals surface area (Å²) in [7, 11) is 0. The van der Waals surface area contributed by atoms with Gasteiger partial charge >= 0.3 is 0 Å². The van der Waals surface area contributed by atoms with E-state index >= 15 is 0 Å². The summed E-state index contributed by atoms with van der Waals surface area (Å²) in [6, 6.07) is 8.62. The van der Waals surface area contributed by atoms with Crippen molar-refractivity contribution < 1.29 is 5.11 Å². The van der Waals surface area contributed by atoms with Gasteiger partial charge in [-0.05, 0) is 24.1 Å². The Morgan fingerprint density at radius 3 is 2.84 bits per heavy atom. The lowest BCUT2D eigenvalue weighted by molar-refractivity contribution is 0.203. The third-order valence-electron chi connectivity index (χ3n) is 2.96. The Hall–Kier alpha value is -1.16. The molecule has 0 atom stereocenters. The van der Waals surface area contributed by atoms with Gasteiger partial charge in [-0.25, -0.2) is 0 Å². The first-order valence-electron chi connectivity index (χ1n) is 7.02. The van der Waals surface area contributed by atoms with Gasteiger partial charge < -0.3 is 10.4 Å². The summed E-state index contributed by atoms with van der Waals surface area (Å²) in [5, 5.41) is 12.5. The third-order valence-corrected chi connectivity index (χ3v) is 2.96. The van der Waals surface area contributed by atoms with Crippen molar-refractivity contribution >= 4 is 0 Å². The van der Waals surface area contributed by atoms with E-state index in [0.29, 0.717) is 6.54 Å². The Bertz CT molecular complexity index is 366. The van der Waals surface area contributed by atoms with E-state index in [-0.39, 0.29) is 6.61 Å². The molecule has 0 unspecified atom stereocenters. The minimum absolute atomic E-state index is 0.186. The van der Waals surface area contributed by atoms with E-state index in [1.807, 2.05) is 6.08 Å². The molecule has 1 rings (SSSR count). The molecule has 3 heteroatoms. The highest BCUT2D eigenvalue weighted by Crippen LogP contribution is 2.08. The van der Waals surface area contributed by atoms with E-state index in [1.165, 1.54) is 11.1 Å². The van der Waals surface area contributed by atoms with Crippen LogP contribution in [0.5, 0.6) is 0 Å². The average Bonchev–Trinajstić information content (AvgIpc) is 2.40. The zero-order valence-electron chi connectivity index (χ0n) is 11.9. The molecule has 0 radical (unpaired) electrons. The van der Waals surface area contributed by atoms with Crippen LogP contribution in [0.25, 0.3) is 0 Å². The van der Waals surface area contributed by atoms with Gasteiger partial charge in [0.2, 0.25) is 0 Å². The van der Waals surface area contributed by atoms with E-state index in [0.717, 1.165) is 32.6 Å². The molecule has 0 amide bonds. The quantitative estimate of drug-likeness (QED) is 0.501. The lowest BCUT2D eigenvalue weighted by atomic mass is 10.1. The number of hydrogen-bond acceptors (Lipinski definition) is 3. The van der Waals surface area contributed by atoms with Crippen LogP contribution in [0.1, 0.15) is 24.5 Å². The molecule has 0 saturated heterocycles. The Kier molecular flexibility index (Phi) is 8.14. The fraction of sp³-hybridized carbons (Fsp3) is 0.500. The van der Waals surface area contributed by atoms with Gasteiger partial charge in [-0.2, -0.15) is 0 Å². The first kappa shape index (κ1) is 15.9. The second-order valence-electron chi connectivity index (χ2n) is 4.74. The van der Waals surface area contributed by atoms with Gasteiger partial charge in [0, 0.05) is 26.2 Å². The maximum atomic E-state index is 9.05. The summed E-state index contributed by atoms with van der Waals surface area (Å²) in [5.41, 5.74) is 2.60. The minimum atomic E-state index is 0.186. The molecule has 0 saturated carbocycles. The van der Waals surface area contributed by atoms with Gasteiger partial charge in [0.15, 0.2) is 0 Å². The average molecular weight is 262 g/mol. The number of benzene rings is 1. The molecule has 0 bridgehead atoms. The molecule has 0 aliphatic carbocycles. The van der Waals surface area contributed by atoms with Crippen molar-refractivity contribution in [2.24, 2.45) is 0 Å². The fourth-order valence-corrected chi connectivity index (χ4v) is 2.06. The second kappa shape index (κ2) is 9.73. The molecule has 1 aromatic carbocycles. The number of nitrogens with zero attached hydrogens (tertiary/aromatic N) is 1. The Labute approximate surface area is 116 Å². The van der Waals surface area contributed by atoms with Gasteiger partial charge in [0.05, 0.1) is 6.61 Å². The van der Waals surface area contributed by atoms with Crippen LogP contribution < -0.4 is 5.32 Å². The van der Waals surface area contributed by atoms with Crippen molar-refractivity contribution in [1.82, 2.24) is 10.2 Å². The van der Waals surface area contributed by atoms with Gasteiger partial charge in [0.1, 0.15) is 0 Å². The smallest absolute Gasteiger partial charge is 0.0558 e. The summed E-state index contributed by atoms with van der Waals surface area (Å²) in [6.45, 7) is 10.4. The summed E-state index contributed by atoms with van der Waals surface area (Å²) in [5.74, 6) is 0. The van der Waals surface area contributed by atoms with Crippen LogP contribution >= 0.6 is 0 Å². The van der Waals surface area contributed by atoms with Crippen LogP contribution in [-0.4, -0.2) is 36.2 Å². The molecule has 0 aliphatic rings. The van der Waals surface area contributed by atoms with E-state index in [2.05, 4.69) is 48.0 Å². The Morgan fingerprint density at radius 2 is 2.16 bits per heavy atom. The molecule has 0 fully saturated rings. The van der Waals surface area contributed by atoms with Crippen molar-refractivity contribution in [3.05, 3.63) is 48.0 Å². The number of rotatable bonds is 10. The number of aliphatic hydroxyl groups excluding tert-OH is 1. The molecule has 1 aromatic rings. The van der Waals surface area contributed by atoms with Crippen LogP contribution in [0, 0.1) is 0 Å². The van der Waals surface area contributed by atoms with Gasteiger partial charge in [-0.3, -0.25) is 4.90 Å². The van der Waals surface area contributed by atoms with E-state index in [1.54, 1.807) is 0 Å². The topological polar surface area (TPSA) is 35.5 Å². The summed E-state index contributed by atoms with van der Waals surface area (Å²) >= 11 is 0. The fourth-order valence-electron chi connectivity index (χ4n) is 2.06. The monoisotopic (exact) mass is 262 g/mol. The number of nitrogens with one attached hydrogen (secondary N) is 1. The van der Waals surface area contributed by atoms with Gasteiger partial charge in [0.25, 0.3) is 0 Å². The predicted molar refractivity (Wildman–Crippen MR) is 81.0 cm³/mol. The summed E-state index contributed by atoms with van der Waals surface area (Å²) in [4.78, 5) is 2.19. The van der Waals surface area contributed by atoms with Crippen molar-refractivity contribution in [3.8, 4) is 0 Å². The number of hydrogen-bond donors (Lipinski definition) is 2. The van der Waals surface area contributed by atoms with E-state index < -0.39 is 0 Å². The molecule has 106 valence electrons.